The molecule has 0 aromatic carbocycles. The van der Waals surface area contributed by atoms with Gasteiger partial charge < -0.3 is 88.7 Å². The number of phosphoric acid groups is 1. The Labute approximate surface area is 711 Å². The van der Waals surface area contributed by atoms with Gasteiger partial charge in [-0.25, -0.2) is 4.57 Å². The lowest BCUT2D eigenvalue weighted by Crippen LogP contribution is -2.70. The van der Waals surface area contributed by atoms with Gasteiger partial charge in [-0.1, -0.05) is 322 Å². The Morgan fingerprint density at radius 1 is 0.356 bits per heavy atom. The molecule has 3 aliphatic rings. The summed E-state index contributed by atoms with van der Waals surface area (Å²) in [6.45, 7) is 7.90. The van der Waals surface area contributed by atoms with E-state index in [1.165, 1.54) is 161 Å². The lowest BCUT2D eigenvalue weighted by atomic mass is 9.84. The molecule has 118 heavy (non-hydrogen) atoms. The van der Waals surface area contributed by atoms with Crippen LogP contribution in [0.15, 0.2) is 24.3 Å². The average Bonchev–Trinajstić information content (AvgIpc) is 0.754. The molecule has 26 heteroatoms. The molecule has 19 atom stereocenters. The van der Waals surface area contributed by atoms with E-state index >= 15 is 0 Å². The van der Waals surface area contributed by atoms with E-state index in [0.717, 1.165) is 135 Å². The molecular weight excluding hydrogens is 1540 g/mol. The Kier molecular flexibility index (Phi) is 64.9. The number of allylic oxidation sites excluding steroid dienone is 4. The van der Waals surface area contributed by atoms with Gasteiger partial charge in [-0.05, 0) is 83.0 Å². The standard InChI is InChI=1S/C92H169O25P/c1-6-10-14-18-22-25-28-31-33-36-38-41-44-51-58-64-76(95)109-70-74-80(99)82(101)86(105)92(113-74)116-89-87(114-78(97)66-60-54-46-43-39-35-30-27-24-20-16-12-8-3)83(102)84(103)88(115-91-85(104)81(100)79(98)73(67-93)112-91)90(89)117-118(106,107)110-69-72(111-77(96)65-59-53-45-42-40-37-34-32-29-26-23-19-15-11-7-2)68-108-75(94)63-57-52-48-47-50-56-62-71(5)61-55-49-21-17-13-9-4/h26,29,35,39,71-74,79-93,98-105H,6-25,27-28,30-34,36-38,40-70H2,1-5H3,(H,106,107)/b29-26-,39-35-. The maximum atomic E-state index is 14.9. The van der Waals surface area contributed by atoms with Crippen molar-refractivity contribution in [1.82, 2.24) is 0 Å². The molecule has 692 valence electrons. The van der Waals surface area contributed by atoms with Crippen molar-refractivity contribution >= 4 is 31.7 Å². The molecule has 0 radical (unpaired) electrons. The van der Waals surface area contributed by atoms with Crippen LogP contribution >= 0.6 is 7.82 Å². The summed E-state index contributed by atoms with van der Waals surface area (Å²) >= 11 is 0. The molecule has 19 unspecified atom stereocenters. The molecule has 1 saturated carbocycles. The van der Waals surface area contributed by atoms with E-state index in [4.69, 9.17) is 46.9 Å². The van der Waals surface area contributed by atoms with Crippen molar-refractivity contribution < 1.29 is 122 Å². The number of hydrogen-bond donors (Lipinski definition) is 10. The quantitative estimate of drug-likeness (QED) is 0.00889. The van der Waals surface area contributed by atoms with Crippen LogP contribution < -0.4 is 0 Å². The Balaban J connectivity index is 1.92. The van der Waals surface area contributed by atoms with Crippen molar-refractivity contribution in [2.45, 2.75) is 505 Å². The Morgan fingerprint density at radius 3 is 1.11 bits per heavy atom. The van der Waals surface area contributed by atoms with E-state index in [-0.39, 0.29) is 32.1 Å². The summed E-state index contributed by atoms with van der Waals surface area (Å²) in [6, 6.07) is 0. The number of rotatable bonds is 76. The lowest BCUT2D eigenvalue weighted by Gasteiger charge is -2.50. The van der Waals surface area contributed by atoms with Crippen LogP contribution in [0.1, 0.15) is 401 Å². The third-order valence-corrected chi connectivity index (χ3v) is 24.3. The molecular formula is C92H169O25P. The predicted molar refractivity (Wildman–Crippen MR) is 458 cm³/mol. The van der Waals surface area contributed by atoms with Gasteiger partial charge in [0.15, 0.2) is 24.8 Å². The van der Waals surface area contributed by atoms with Crippen LogP contribution in [0.5, 0.6) is 0 Å². The van der Waals surface area contributed by atoms with Gasteiger partial charge in [0.1, 0.15) is 92.6 Å². The molecule has 0 bridgehead atoms. The largest absolute Gasteiger partial charge is 0.472 e. The van der Waals surface area contributed by atoms with Crippen molar-refractivity contribution in [2.75, 3.05) is 26.4 Å². The minimum absolute atomic E-state index is 0.0156. The van der Waals surface area contributed by atoms with Crippen molar-refractivity contribution in [2.24, 2.45) is 5.92 Å². The Hall–Kier alpha value is -3.05. The first-order valence-electron chi connectivity index (χ1n) is 47.5. The minimum Gasteiger partial charge on any atom is -0.463 e. The van der Waals surface area contributed by atoms with E-state index in [9.17, 15) is 74.6 Å². The van der Waals surface area contributed by atoms with Crippen molar-refractivity contribution in [3.05, 3.63) is 24.3 Å². The highest BCUT2D eigenvalue weighted by molar-refractivity contribution is 7.47. The maximum absolute atomic E-state index is 14.9. The van der Waals surface area contributed by atoms with Crippen molar-refractivity contribution in [3.63, 3.8) is 0 Å². The van der Waals surface area contributed by atoms with Crippen molar-refractivity contribution in [1.29, 1.82) is 0 Å². The number of ether oxygens (including phenoxy) is 8. The molecule has 0 aromatic heterocycles. The molecule has 0 aromatic rings. The first-order valence-corrected chi connectivity index (χ1v) is 49.0. The molecule has 3 rings (SSSR count). The van der Waals surface area contributed by atoms with Gasteiger partial charge in [0.2, 0.25) is 0 Å². The van der Waals surface area contributed by atoms with Gasteiger partial charge in [0.25, 0.3) is 0 Å². The normalized spacial score (nSPS) is 25.3. The van der Waals surface area contributed by atoms with Gasteiger partial charge in [-0.15, -0.1) is 0 Å². The molecule has 0 amide bonds. The maximum Gasteiger partial charge on any atom is 0.472 e. The first-order chi connectivity index (χ1) is 57.1. The number of esters is 4. The smallest absolute Gasteiger partial charge is 0.463 e. The van der Waals surface area contributed by atoms with Crippen LogP contribution in [0.25, 0.3) is 0 Å². The summed E-state index contributed by atoms with van der Waals surface area (Å²) < 4.78 is 73.4. The number of hydrogen-bond acceptors (Lipinski definition) is 24. The number of phosphoric ester groups is 1. The van der Waals surface area contributed by atoms with Gasteiger partial charge in [-0.2, -0.15) is 0 Å². The second kappa shape index (κ2) is 70.2. The first kappa shape index (κ1) is 109. The van der Waals surface area contributed by atoms with E-state index < -0.39 is 162 Å². The van der Waals surface area contributed by atoms with Gasteiger partial charge in [0.05, 0.1) is 13.2 Å². The zero-order valence-corrected chi connectivity index (χ0v) is 74.8. The summed E-state index contributed by atoms with van der Waals surface area (Å²) in [5, 5.41) is 102. The highest BCUT2D eigenvalue weighted by Gasteiger charge is 2.60. The molecule has 3 fully saturated rings. The fraction of sp³-hybridized carbons (Fsp3) is 0.913. The van der Waals surface area contributed by atoms with E-state index in [1.807, 2.05) is 0 Å². The van der Waals surface area contributed by atoms with Crippen molar-refractivity contribution in [3.8, 4) is 0 Å². The second-order valence-electron chi connectivity index (χ2n) is 34.1. The summed E-state index contributed by atoms with van der Waals surface area (Å²) in [7, 11) is -5.81. The highest BCUT2D eigenvalue weighted by atomic mass is 31.2. The van der Waals surface area contributed by atoms with Gasteiger partial charge in [-0.3, -0.25) is 28.2 Å². The summed E-state index contributed by atoms with van der Waals surface area (Å²) in [5.74, 6) is -2.30. The number of carbonyl (C=O) groups excluding carboxylic acids is 4. The molecule has 0 spiro atoms. The topological polar surface area (TPSA) is 380 Å². The molecule has 25 nitrogen and oxygen atoms in total. The summed E-state index contributed by atoms with van der Waals surface area (Å²) in [6.07, 6.45) is 28.9. The lowest BCUT2D eigenvalue weighted by molar-refractivity contribution is -0.360. The second-order valence-corrected chi connectivity index (χ2v) is 35.6. The molecule has 2 heterocycles. The highest BCUT2D eigenvalue weighted by Crippen LogP contribution is 2.49. The monoisotopic (exact) mass is 1710 g/mol. The van der Waals surface area contributed by atoms with Gasteiger partial charge in [0, 0.05) is 25.7 Å². The third-order valence-electron chi connectivity index (χ3n) is 23.3. The SMILES string of the molecule is CCCCCC/C=C\CCCCCCCCCC(=O)OC(COC(=O)CCCCCCCCC(C)CCCCCCCC)COP(=O)(O)OC1C(OC2OC(CO)C(O)C(O)C2O)C(O)C(O)C(OC(=O)CCCCC/C=C\CCCCCCCC)C1OC1OC(COC(=O)CCCCCCCCCCCCCCCCC)C(O)C(O)C1O. The number of aliphatic hydroxyl groups excluding tert-OH is 9. The zero-order valence-electron chi connectivity index (χ0n) is 73.9. The Bertz CT molecular complexity index is 2570. The Morgan fingerprint density at radius 2 is 0.686 bits per heavy atom. The van der Waals surface area contributed by atoms with E-state index in [0.29, 0.717) is 44.4 Å². The average molecular weight is 1710 g/mol. The number of unbranched alkanes of at least 4 members (excludes halogenated alkanes) is 44. The van der Waals surface area contributed by atoms with E-state index in [2.05, 4.69) is 58.9 Å². The summed E-state index contributed by atoms with van der Waals surface area (Å²) in [5.41, 5.74) is 0. The number of carbonyl (C=O) groups is 4. The van der Waals surface area contributed by atoms with Crippen LogP contribution in [-0.4, -0.2) is 205 Å². The van der Waals surface area contributed by atoms with Crippen LogP contribution in [0.3, 0.4) is 0 Å². The molecule has 1 aliphatic carbocycles. The minimum atomic E-state index is -5.81. The molecule has 2 aliphatic heterocycles. The predicted octanol–water partition coefficient (Wildman–Crippen LogP) is 17.6. The molecule has 10 N–H and O–H groups in total. The number of aliphatic hydroxyl groups is 9. The van der Waals surface area contributed by atoms with Gasteiger partial charge >= 0.3 is 31.7 Å². The van der Waals surface area contributed by atoms with Crippen LogP contribution in [-0.2, 0) is 70.7 Å². The van der Waals surface area contributed by atoms with Crippen LogP contribution in [0, 0.1) is 5.92 Å². The van der Waals surface area contributed by atoms with E-state index in [1.54, 1.807) is 0 Å². The summed E-state index contributed by atoms with van der Waals surface area (Å²) in [4.78, 5) is 66.5. The molecule has 2 saturated heterocycles. The zero-order chi connectivity index (χ0) is 86.2. The third kappa shape index (κ3) is 50.2. The fourth-order valence-corrected chi connectivity index (χ4v) is 16.6. The fourth-order valence-electron chi connectivity index (χ4n) is 15.7. The van der Waals surface area contributed by atoms with Crippen LogP contribution in [0.4, 0.5) is 0 Å². The van der Waals surface area contributed by atoms with Crippen LogP contribution in [0.2, 0.25) is 0 Å².